The van der Waals surface area contributed by atoms with Crippen LogP contribution in [0.5, 0.6) is 0 Å². The number of nitrogens with zero attached hydrogens (tertiary/aromatic N) is 2. The van der Waals surface area contributed by atoms with Crippen LogP contribution in [0.2, 0.25) is 0 Å². The first kappa shape index (κ1) is 10.6. The Hall–Kier alpha value is -1.45. The van der Waals surface area contributed by atoms with E-state index in [0.717, 1.165) is 11.5 Å². The molecule has 0 saturated heterocycles. The lowest BCUT2D eigenvalue weighted by molar-refractivity contribution is -0.126. The summed E-state index contributed by atoms with van der Waals surface area (Å²) in [5.41, 5.74) is 1.08. The number of methoxy groups -OCH3 is 1. The molecule has 0 aliphatic heterocycles. The van der Waals surface area contributed by atoms with E-state index in [1.165, 1.54) is 20.0 Å². The second-order valence-electron chi connectivity index (χ2n) is 3.16. The van der Waals surface area contributed by atoms with Crippen LogP contribution in [-0.4, -0.2) is 23.5 Å². The van der Waals surface area contributed by atoms with E-state index in [1.54, 1.807) is 0 Å². The Morgan fingerprint density at radius 2 is 2.21 bits per heavy atom. The summed E-state index contributed by atoms with van der Waals surface area (Å²) in [6, 6.07) is 1.94. The minimum Gasteiger partial charge on any atom is -0.471 e. The molecule has 0 amide bonds. The van der Waals surface area contributed by atoms with Crippen LogP contribution in [0.15, 0.2) is 12.3 Å². The van der Waals surface area contributed by atoms with Crippen LogP contribution in [0.3, 0.4) is 0 Å². The summed E-state index contributed by atoms with van der Waals surface area (Å²) in [5.74, 6) is 1.72. The molecule has 76 valence electrons. The van der Waals surface area contributed by atoms with Crippen LogP contribution in [-0.2, 0) is 9.53 Å². The number of aryl methyl sites for hydroxylation is 1. The fourth-order valence-corrected chi connectivity index (χ4v) is 1.01. The van der Waals surface area contributed by atoms with Crippen molar-refractivity contribution in [1.82, 2.24) is 9.97 Å². The molecule has 0 N–H and O–H groups in total. The van der Waals surface area contributed by atoms with Gasteiger partial charge in [-0.1, -0.05) is 0 Å². The molecular formula is C10H14N2O2. The van der Waals surface area contributed by atoms with Gasteiger partial charge in [0.05, 0.1) is 7.11 Å². The van der Waals surface area contributed by atoms with Crippen LogP contribution >= 0.6 is 0 Å². The molecule has 4 heteroatoms. The van der Waals surface area contributed by atoms with E-state index < -0.39 is 0 Å². The molecule has 0 atom stereocenters. The van der Waals surface area contributed by atoms with E-state index in [2.05, 4.69) is 14.7 Å². The van der Waals surface area contributed by atoms with Crippen molar-refractivity contribution in [3.63, 3.8) is 0 Å². The topological polar surface area (TPSA) is 52.1 Å². The summed E-state index contributed by atoms with van der Waals surface area (Å²) in [6.45, 7) is 2.38. The van der Waals surface area contributed by atoms with Gasteiger partial charge in [-0.3, -0.25) is 4.79 Å². The second-order valence-corrected chi connectivity index (χ2v) is 3.16. The van der Waals surface area contributed by atoms with Crippen molar-refractivity contribution in [2.45, 2.75) is 25.7 Å². The average Bonchev–Trinajstić information content (AvgIpc) is 3.02. The molecule has 14 heavy (non-hydrogen) atoms. The molecule has 0 spiro atoms. The van der Waals surface area contributed by atoms with Gasteiger partial charge in [0.25, 0.3) is 6.47 Å². The third-order valence-corrected chi connectivity index (χ3v) is 1.85. The number of rotatable bonds is 2. The molecule has 1 saturated carbocycles. The first-order valence-corrected chi connectivity index (χ1v) is 4.54. The van der Waals surface area contributed by atoms with Crippen molar-refractivity contribution < 1.29 is 9.53 Å². The molecule has 0 bridgehead atoms. The molecule has 0 unspecified atom stereocenters. The number of aromatic nitrogens is 2. The highest BCUT2D eigenvalue weighted by Crippen LogP contribution is 2.37. The fourth-order valence-electron chi connectivity index (χ4n) is 1.01. The predicted molar refractivity (Wildman–Crippen MR) is 51.8 cm³/mol. The normalized spacial score (nSPS) is 13.9. The number of hydrogen-bond acceptors (Lipinski definition) is 4. The Morgan fingerprint density at radius 1 is 1.57 bits per heavy atom. The zero-order valence-electron chi connectivity index (χ0n) is 8.43. The maximum absolute atomic E-state index is 8.95. The van der Waals surface area contributed by atoms with Crippen molar-refractivity contribution in [1.29, 1.82) is 0 Å². The molecule has 0 radical (unpaired) electrons. The number of carbonyl (C=O) groups is 1. The zero-order chi connectivity index (χ0) is 10.4. The number of carbonyl (C=O) groups excluding carboxylic acids is 1. The molecule has 4 nitrogen and oxygen atoms in total. The van der Waals surface area contributed by atoms with Crippen LogP contribution in [0, 0.1) is 6.92 Å². The van der Waals surface area contributed by atoms with Gasteiger partial charge in [0.1, 0.15) is 5.82 Å². The van der Waals surface area contributed by atoms with Crippen molar-refractivity contribution in [3.8, 4) is 0 Å². The molecule has 1 aliphatic carbocycles. The predicted octanol–water partition coefficient (Wildman–Crippen LogP) is 1.45. The van der Waals surface area contributed by atoms with Gasteiger partial charge in [-0.05, 0) is 25.8 Å². The lowest BCUT2D eigenvalue weighted by Gasteiger charge is -1.95. The molecular weight excluding hydrogens is 180 g/mol. The van der Waals surface area contributed by atoms with E-state index in [-0.39, 0.29) is 0 Å². The summed E-state index contributed by atoms with van der Waals surface area (Å²) in [4.78, 5) is 17.5. The maximum Gasteiger partial charge on any atom is 0.292 e. The minimum absolute atomic E-state index is 0.375. The monoisotopic (exact) mass is 194 g/mol. The standard InChI is InChI=1S/C8H10N2.C2H4O2/c1-6-4-5-9-8(10-6)7-2-3-7;1-4-2-3/h4-5,7H,2-3H2,1H3;2H,1H3. The van der Waals surface area contributed by atoms with E-state index in [1.807, 2.05) is 19.2 Å². The zero-order valence-corrected chi connectivity index (χ0v) is 8.43. The van der Waals surface area contributed by atoms with Crippen LogP contribution in [0.1, 0.15) is 30.3 Å². The lowest BCUT2D eigenvalue weighted by Crippen LogP contribution is -1.92. The van der Waals surface area contributed by atoms with Gasteiger partial charge in [0.2, 0.25) is 0 Å². The van der Waals surface area contributed by atoms with Gasteiger partial charge in [-0.15, -0.1) is 0 Å². The SMILES string of the molecule is COC=O.Cc1ccnc(C2CC2)n1. The molecule has 2 rings (SSSR count). The largest absolute Gasteiger partial charge is 0.471 e. The number of ether oxygens (including phenoxy) is 1. The molecule has 0 aromatic carbocycles. The smallest absolute Gasteiger partial charge is 0.292 e. The Morgan fingerprint density at radius 3 is 2.64 bits per heavy atom. The minimum atomic E-state index is 0.375. The first-order valence-electron chi connectivity index (χ1n) is 4.54. The molecule has 1 aromatic heterocycles. The Labute approximate surface area is 83.3 Å². The average molecular weight is 194 g/mol. The van der Waals surface area contributed by atoms with Crippen molar-refractivity contribution in [2.75, 3.05) is 7.11 Å². The highest BCUT2D eigenvalue weighted by atomic mass is 16.5. The van der Waals surface area contributed by atoms with E-state index in [9.17, 15) is 0 Å². The van der Waals surface area contributed by atoms with Crippen molar-refractivity contribution in [2.24, 2.45) is 0 Å². The molecule has 1 aromatic rings. The third kappa shape index (κ3) is 3.51. The lowest BCUT2D eigenvalue weighted by atomic mass is 10.3. The van der Waals surface area contributed by atoms with Gasteiger partial charge in [-0.25, -0.2) is 9.97 Å². The second kappa shape index (κ2) is 5.32. The van der Waals surface area contributed by atoms with E-state index in [0.29, 0.717) is 12.4 Å². The van der Waals surface area contributed by atoms with Gasteiger partial charge in [-0.2, -0.15) is 0 Å². The molecule has 1 heterocycles. The summed E-state index contributed by atoms with van der Waals surface area (Å²) >= 11 is 0. The third-order valence-electron chi connectivity index (χ3n) is 1.85. The molecule has 1 fully saturated rings. The van der Waals surface area contributed by atoms with Gasteiger partial charge < -0.3 is 4.74 Å². The van der Waals surface area contributed by atoms with E-state index >= 15 is 0 Å². The van der Waals surface area contributed by atoms with Crippen LogP contribution in [0.25, 0.3) is 0 Å². The van der Waals surface area contributed by atoms with E-state index in [4.69, 9.17) is 4.79 Å². The Bertz CT molecular complexity index is 298. The van der Waals surface area contributed by atoms with Crippen LogP contribution < -0.4 is 0 Å². The van der Waals surface area contributed by atoms with Gasteiger partial charge in [0.15, 0.2) is 0 Å². The summed E-state index contributed by atoms with van der Waals surface area (Å²) in [7, 11) is 1.31. The van der Waals surface area contributed by atoms with Crippen LogP contribution in [0.4, 0.5) is 0 Å². The summed E-state index contributed by atoms with van der Waals surface area (Å²) in [5, 5.41) is 0. The highest BCUT2D eigenvalue weighted by molar-refractivity contribution is 5.36. The summed E-state index contributed by atoms with van der Waals surface area (Å²) in [6.07, 6.45) is 4.41. The molecule has 1 aliphatic rings. The van der Waals surface area contributed by atoms with Gasteiger partial charge in [0, 0.05) is 17.8 Å². The summed E-state index contributed by atoms with van der Waals surface area (Å²) < 4.78 is 3.86. The fraction of sp³-hybridized carbons (Fsp3) is 0.500. The maximum atomic E-state index is 8.95. The van der Waals surface area contributed by atoms with Crippen molar-refractivity contribution in [3.05, 3.63) is 23.8 Å². The Balaban J connectivity index is 0.000000213. The first-order chi connectivity index (χ1) is 6.77. The quantitative estimate of drug-likeness (QED) is 0.669. The highest BCUT2D eigenvalue weighted by Gasteiger charge is 2.25. The van der Waals surface area contributed by atoms with Gasteiger partial charge >= 0.3 is 0 Å². The van der Waals surface area contributed by atoms with Crippen molar-refractivity contribution >= 4 is 6.47 Å². The number of hydrogen-bond donors (Lipinski definition) is 0. The Kier molecular flexibility index (Phi) is 4.04.